The molecule has 3 rings (SSSR count). The molecule has 3 aromatic rings. The highest BCUT2D eigenvalue weighted by molar-refractivity contribution is 6.34. The van der Waals surface area contributed by atoms with Crippen LogP contribution in [-0.4, -0.2) is 22.4 Å². The van der Waals surface area contributed by atoms with Gasteiger partial charge in [-0.25, -0.2) is 0 Å². The summed E-state index contributed by atoms with van der Waals surface area (Å²) in [5, 5.41) is 1.59. The Labute approximate surface area is 177 Å². The minimum absolute atomic E-state index is 0.208. The quantitative estimate of drug-likeness (QED) is 0.557. The lowest BCUT2D eigenvalue weighted by atomic mass is 10.2. The maximum absolute atomic E-state index is 12.8. The van der Waals surface area contributed by atoms with Crippen molar-refractivity contribution in [2.24, 2.45) is 0 Å². The molecule has 0 radical (unpaired) electrons. The summed E-state index contributed by atoms with van der Waals surface area (Å²) in [7, 11) is 1.68. The van der Waals surface area contributed by atoms with Gasteiger partial charge >= 0.3 is 0 Å². The molecule has 0 unspecified atom stereocenters. The molecule has 0 aliphatic heterocycles. The van der Waals surface area contributed by atoms with Gasteiger partial charge in [0, 0.05) is 40.9 Å². The maximum Gasteiger partial charge on any atom is 0.255 e. The molecule has 1 amide bonds. The van der Waals surface area contributed by atoms with Gasteiger partial charge in [-0.1, -0.05) is 53.0 Å². The largest absolute Gasteiger partial charge is 0.337 e. The smallest absolute Gasteiger partial charge is 0.255 e. The Balaban J connectivity index is 1.81. The lowest BCUT2D eigenvalue weighted by Gasteiger charge is -2.18. The van der Waals surface area contributed by atoms with Crippen LogP contribution in [0.5, 0.6) is 0 Å². The summed E-state index contributed by atoms with van der Waals surface area (Å²) in [6, 6.07) is 15.4. The number of amides is 1. The molecule has 28 heavy (non-hydrogen) atoms. The highest BCUT2D eigenvalue weighted by atomic mass is 35.5. The van der Waals surface area contributed by atoms with Crippen molar-refractivity contribution in [2.45, 2.75) is 13.1 Å². The van der Waals surface area contributed by atoms with E-state index in [1.165, 1.54) is 16.7 Å². The molecule has 0 saturated carbocycles. The number of rotatable bonds is 5. The lowest BCUT2D eigenvalue weighted by Crippen LogP contribution is -2.28. The number of benzene rings is 2. The first-order valence-corrected chi connectivity index (χ1v) is 9.61. The van der Waals surface area contributed by atoms with Crippen molar-refractivity contribution >= 4 is 40.7 Å². The third kappa shape index (κ3) is 4.96. The molecular formula is C21H17Cl3N2O2. The number of carbonyl (C=O) groups is 1. The molecular weight excluding hydrogens is 419 g/mol. The molecule has 7 heteroatoms. The fraction of sp³-hybridized carbons (Fsp3) is 0.143. The fourth-order valence-electron chi connectivity index (χ4n) is 2.86. The van der Waals surface area contributed by atoms with E-state index >= 15 is 0 Å². The molecule has 1 heterocycles. The summed E-state index contributed by atoms with van der Waals surface area (Å²) in [6.07, 6.45) is 1.55. The highest BCUT2D eigenvalue weighted by Crippen LogP contribution is 2.20. The molecule has 0 fully saturated rings. The summed E-state index contributed by atoms with van der Waals surface area (Å²) in [4.78, 5) is 26.6. The van der Waals surface area contributed by atoms with Crippen LogP contribution in [0.25, 0.3) is 0 Å². The van der Waals surface area contributed by atoms with Gasteiger partial charge in [-0.15, -0.1) is 0 Å². The van der Waals surface area contributed by atoms with Gasteiger partial charge in [0.25, 0.3) is 11.5 Å². The molecule has 4 nitrogen and oxygen atoms in total. The molecule has 0 aliphatic rings. The number of halogens is 3. The second-order valence-electron chi connectivity index (χ2n) is 6.41. The molecule has 0 N–H and O–H groups in total. The van der Waals surface area contributed by atoms with E-state index in [9.17, 15) is 9.59 Å². The molecule has 0 aliphatic carbocycles. The second kappa shape index (κ2) is 8.82. The first-order valence-electron chi connectivity index (χ1n) is 8.48. The van der Waals surface area contributed by atoms with Gasteiger partial charge in [0.05, 0.1) is 12.1 Å². The van der Waals surface area contributed by atoms with Gasteiger partial charge in [0.1, 0.15) is 0 Å². The molecule has 0 saturated heterocycles. The van der Waals surface area contributed by atoms with Crippen LogP contribution in [0.2, 0.25) is 15.1 Å². The second-order valence-corrected chi connectivity index (χ2v) is 7.69. The van der Waals surface area contributed by atoms with Crippen molar-refractivity contribution in [3.63, 3.8) is 0 Å². The Morgan fingerprint density at radius 1 is 1.00 bits per heavy atom. The number of carbonyl (C=O) groups excluding carboxylic acids is 1. The number of aromatic nitrogens is 1. The van der Waals surface area contributed by atoms with Gasteiger partial charge in [-0.05, 0) is 41.5 Å². The van der Waals surface area contributed by atoms with Crippen molar-refractivity contribution in [3.8, 4) is 0 Å². The van der Waals surface area contributed by atoms with Crippen molar-refractivity contribution in [3.05, 3.63) is 103 Å². The van der Waals surface area contributed by atoms with Gasteiger partial charge in [-0.2, -0.15) is 0 Å². The van der Waals surface area contributed by atoms with Crippen LogP contribution in [0, 0.1) is 0 Å². The predicted molar refractivity (Wildman–Crippen MR) is 114 cm³/mol. The molecule has 0 bridgehead atoms. The zero-order chi connectivity index (χ0) is 20.3. The first kappa shape index (κ1) is 20.5. The Morgan fingerprint density at radius 3 is 2.36 bits per heavy atom. The average Bonchev–Trinajstić information content (AvgIpc) is 2.63. The van der Waals surface area contributed by atoms with Crippen molar-refractivity contribution < 1.29 is 4.79 Å². The van der Waals surface area contributed by atoms with Crippen LogP contribution in [-0.2, 0) is 13.1 Å². The molecule has 0 spiro atoms. The first-order chi connectivity index (χ1) is 13.3. The van der Waals surface area contributed by atoms with Crippen LogP contribution in [0.4, 0.5) is 0 Å². The van der Waals surface area contributed by atoms with Crippen molar-refractivity contribution in [1.82, 2.24) is 9.47 Å². The van der Waals surface area contributed by atoms with E-state index < -0.39 is 0 Å². The zero-order valence-electron chi connectivity index (χ0n) is 15.0. The van der Waals surface area contributed by atoms with Gasteiger partial charge in [-0.3, -0.25) is 9.59 Å². The van der Waals surface area contributed by atoms with Crippen LogP contribution < -0.4 is 5.56 Å². The van der Waals surface area contributed by atoms with E-state index in [-0.39, 0.29) is 18.0 Å². The normalized spacial score (nSPS) is 10.7. The Kier molecular flexibility index (Phi) is 6.45. The van der Waals surface area contributed by atoms with E-state index in [1.54, 1.807) is 42.4 Å². The standard InChI is InChI=1S/C21H17Cl3N2O2/c1-25(11-14-8-17(22)10-18(23)9-14)21(28)16-6-7-20(27)26(13-16)12-15-4-2-3-5-19(15)24/h2-10,13H,11-12H2,1H3. The maximum atomic E-state index is 12.8. The average molecular weight is 436 g/mol. The summed E-state index contributed by atoms with van der Waals surface area (Å²) in [5.41, 5.74) is 1.82. The van der Waals surface area contributed by atoms with E-state index in [1.807, 2.05) is 18.2 Å². The third-order valence-electron chi connectivity index (χ3n) is 4.22. The number of pyridine rings is 1. The third-order valence-corrected chi connectivity index (χ3v) is 5.02. The van der Waals surface area contributed by atoms with E-state index in [4.69, 9.17) is 34.8 Å². The number of hydrogen-bond acceptors (Lipinski definition) is 2. The van der Waals surface area contributed by atoms with Crippen LogP contribution in [0.15, 0.2) is 65.6 Å². The molecule has 0 atom stereocenters. The number of nitrogens with zero attached hydrogens (tertiary/aromatic N) is 2. The summed E-state index contributed by atoms with van der Waals surface area (Å²) in [6.45, 7) is 0.621. The van der Waals surface area contributed by atoms with Crippen LogP contribution >= 0.6 is 34.8 Å². The summed E-state index contributed by atoms with van der Waals surface area (Å²) >= 11 is 18.2. The predicted octanol–water partition coefficient (Wildman–Crippen LogP) is 5.13. The molecule has 144 valence electrons. The highest BCUT2D eigenvalue weighted by Gasteiger charge is 2.14. The van der Waals surface area contributed by atoms with E-state index in [0.717, 1.165) is 11.1 Å². The lowest BCUT2D eigenvalue weighted by molar-refractivity contribution is 0.0784. The van der Waals surface area contributed by atoms with E-state index in [2.05, 4.69) is 0 Å². The zero-order valence-corrected chi connectivity index (χ0v) is 17.3. The SMILES string of the molecule is CN(Cc1cc(Cl)cc(Cl)c1)C(=O)c1ccc(=O)n(Cc2ccccc2Cl)c1. The van der Waals surface area contributed by atoms with Crippen LogP contribution in [0.1, 0.15) is 21.5 Å². The molecule has 1 aromatic heterocycles. The van der Waals surface area contributed by atoms with Gasteiger partial charge < -0.3 is 9.47 Å². The van der Waals surface area contributed by atoms with Crippen molar-refractivity contribution in [2.75, 3.05) is 7.05 Å². The van der Waals surface area contributed by atoms with Gasteiger partial charge in [0.2, 0.25) is 0 Å². The molecule has 2 aromatic carbocycles. The summed E-state index contributed by atoms with van der Waals surface area (Å²) < 4.78 is 1.47. The minimum atomic E-state index is -0.219. The fourth-order valence-corrected chi connectivity index (χ4v) is 3.63. The Bertz CT molecular complexity index is 1060. The monoisotopic (exact) mass is 434 g/mol. The van der Waals surface area contributed by atoms with Gasteiger partial charge in [0.15, 0.2) is 0 Å². The topological polar surface area (TPSA) is 42.3 Å². The Morgan fingerprint density at radius 2 is 1.68 bits per heavy atom. The van der Waals surface area contributed by atoms with Crippen molar-refractivity contribution in [1.29, 1.82) is 0 Å². The Hall–Kier alpha value is -2.27. The minimum Gasteiger partial charge on any atom is -0.337 e. The number of hydrogen-bond donors (Lipinski definition) is 0. The van der Waals surface area contributed by atoms with E-state index in [0.29, 0.717) is 27.2 Å². The summed E-state index contributed by atoms with van der Waals surface area (Å²) in [5.74, 6) is -0.219. The van der Waals surface area contributed by atoms with Crippen LogP contribution in [0.3, 0.4) is 0 Å².